The van der Waals surface area contributed by atoms with Crippen molar-refractivity contribution < 1.29 is 5.11 Å². The summed E-state index contributed by atoms with van der Waals surface area (Å²) >= 11 is 0. The lowest BCUT2D eigenvalue weighted by atomic mass is 9.74. The SMILES string of the molecule is CC#CCC1(O)CC2CCCC(C1)N2Cc1ccccc1. The van der Waals surface area contributed by atoms with Crippen molar-refractivity contribution in [1.82, 2.24) is 4.90 Å². The van der Waals surface area contributed by atoms with Crippen molar-refractivity contribution in [3.8, 4) is 11.8 Å². The van der Waals surface area contributed by atoms with Crippen LogP contribution in [-0.2, 0) is 6.54 Å². The van der Waals surface area contributed by atoms with Gasteiger partial charge in [0, 0.05) is 25.0 Å². The van der Waals surface area contributed by atoms with E-state index in [1.165, 1.54) is 24.8 Å². The van der Waals surface area contributed by atoms with Crippen molar-refractivity contribution in [3.63, 3.8) is 0 Å². The van der Waals surface area contributed by atoms with Crippen molar-refractivity contribution in [3.05, 3.63) is 35.9 Å². The zero-order valence-corrected chi connectivity index (χ0v) is 12.9. The topological polar surface area (TPSA) is 23.5 Å². The van der Waals surface area contributed by atoms with Crippen LogP contribution in [0.15, 0.2) is 30.3 Å². The fourth-order valence-electron chi connectivity index (χ4n) is 4.07. The highest BCUT2D eigenvalue weighted by Gasteiger charge is 2.44. The summed E-state index contributed by atoms with van der Waals surface area (Å²) in [6.45, 7) is 2.88. The smallest absolute Gasteiger partial charge is 0.0786 e. The number of piperidine rings is 2. The monoisotopic (exact) mass is 283 g/mol. The molecule has 0 amide bonds. The van der Waals surface area contributed by atoms with Crippen molar-refractivity contribution in [2.75, 3.05) is 0 Å². The Morgan fingerprint density at radius 1 is 1.19 bits per heavy atom. The Morgan fingerprint density at radius 2 is 1.86 bits per heavy atom. The number of hydrogen-bond donors (Lipinski definition) is 1. The summed E-state index contributed by atoms with van der Waals surface area (Å²) in [5.41, 5.74) is 0.819. The summed E-state index contributed by atoms with van der Waals surface area (Å²) in [5, 5.41) is 10.9. The molecular weight excluding hydrogens is 258 g/mol. The third-order valence-corrected chi connectivity index (χ3v) is 5.05. The summed E-state index contributed by atoms with van der Waals surface area (Å²) in [6, 6.07) is 11.7. The van der Waals surface area contributed by atoms with Gasteiger partial charge >= 0.3 is 0 Å². The van der Waals surface area contributed by atoms with Crippen LogP contribution in [0.1, 0.15) is 51.0 Å². The number of benzene rings is 1. The quantitative estimate of drug-likeness (QED) is 0.860. The van der Waals surface area contributed by atoms with Crippen molar-refractivity contribution in [1.29, 1.82) is 0 Å². The molecule has 2 bridgehead atoms. The number of nitrogens with zero attached hydrogens (tertiary/aromatic N) is 1. The van der Waals surface area contributed by atoms with Crippen LogP contribution in [-0.4, -0.2) is 27.7 Å². The minimum atomic E-state index is -0.564. The van der Waals surface area contributed by atoms with Gasteiger partial charge in [-0.3, -0.25) is 4.90 Å². The Bertz CT molecular complexity index is 513. The molecule has 2 heteroatoms. The molecule has 1 aromatic carbocycles. The predicted octanol–water partition coefficient (Wildman–Crippen LogP) is 3.35. The van der Waals surface area contributed by atoms with Crippen LogP contribution in [0.5, 0.6) is 0 Å². The van der Waals surface area contributed by atoms with E-state index >= 15 is 0 Å². The molecule has 2 aliphatic rings. The molecule has 0 aliphatic carbocycles. The lowest BCUT2D eigenvalue weighted by Crippen LogP contribution is -2.57. The zero-order chi connectivity index (χ0) is 14.7. The molecule has 2 atom stereocenters. The van der Waals surface area contributed by atoms with Gasteiger partial charge in [-0.2, -0.15) is 0 Å². The highest BCUT2D eigenvalue weighted by Crippen LogP contribution is 2.41. The van der Waals surface area contributed by atoms with Crippen LogP contribution >= 0.6 is 0 Å². The minimum absolute atomic E-state index is 0.515. The molecule has 2 heterocycles. The Balaban J connectivity index is 1.74. The standard InChI is InChI=1S/C19H25NO/c1-2-3-12-19(21)13-17-10-7-11-18(14-19)20(17)15-16-8-5-4-6-9-16/h4-6,8-9,17-18,21H,7,10-15H2,1H3. The van der Waals surface area contributed by atoms with Gasteiger partial charge in [0.15, 0.2) is 0 Å². The van der Waals surface area contributed by atoms with E-state index in [9.17, 15) is 5.11 Å². The second-order valence-electron chi connectivity index (χ2n) is 6.63. The molecule has 112 valence electrons. The maximum absolute atomic E-state index is 10.9. The fourth-order valence-corrected chi connectivity index (χ4v) is 4.07. The van der Waals surface area contributed by atoms with Gasteiger partial charge in [0.2, 0.25) is 0 Å². The van der Waals surface area contributed by atoms with Crippen LogP contribution in [0.25, 0.3) is 0 Å². The summed E-state index contributed by atoms with van der Waals surface area (Å²) < 4.78 is 0. The van der Waals surface area contributed by atoms with E-state index in [1.54, 1.807) is 0 Å². The Labute approximate surface area is 128 Å². The van der Waals surface area contributed by atoms with E-state index in [-0.39, 0.29) is 0 Å². The molecule has 2 unspecified atom stereocenters. The Morgan fingerprint density at radius 3 is 2.48 bits per heavy atom. The lowest BCUT2D eigenvalue weighted by Gasteiger charge is -2.52. The van der Waals surface area contributed by atoms with E-state index in [1.807, 2.05) is 6.92 Å². The molecular formula is C19H25NO. The maximum Gasteiger partial charge on any atom is 0.0786 e. The molecule has 0 saturated carbocycles. The first-order valence-corrected chi connectivity index (χ1v) is 8.12. The molecule has 2 nitrogen and oxygen atoms in total. The van der Waals surface area contributed by atoms with E-state index in [0.717, 1.165) is 19.4 Å². The molecule has 0 aromatic heterocycles. The maximum atomic E-state index is 10.9. The lowest BCUT2D eigenvalue weighted by molar-refractivity contribution is -0.0923. The molecule has 3 rings (SSSR count). The molecule has 0 spiro atoms. The molecule has 2 saturated heterocycles. The van der Waals surface area contributed by atoms with Gasteiger partial charge in [0.1, 0.15) is 0 Å². The van der Waals surface area contributed by atoms with Crippen molar-refractivity contribution in [2.24, 2.45) is 0 Å². The van der Waals surface area contributed by atoms with Gasteiger partial charge in [-0.15, -0.1) is 11.8 Å². The third-order valence-electron chi connectivity index (χ3n) is 5.05. The van der Waals surface area contributed by atoms with Crippen LogP contribution in [0.3, 0.4) is 0 Å². The summed E-state index contributed by atoms with van der Waals surface area (Å²) in [4.78, 5) is 2.63. The number of hydrogen-bond acceptors (Lipinski definition) is 2. The molecule has 1 aromatic rings. The van der Waals surface area contributed by atoms with Crippen LogP contribution in [0, 0.1) is 11.8 Å². The molecule has 2 aliphatic heterocycles. The normalized spacial score (nSPS) is 32.3. The predicted molar refractivity (Wildman–Crippen MR) is 85.7 cm³/mol. The highest BCUT2D eigenvalue weighted by molar-refractivity contribution is 5.16. The summed E-state index contributed by atoms with van der Waals surface area (Å²) in [5.74, 6) is 6.03. The number of rotatable bonds is 3. The van der Waals surface area contributed by atoms with E-state index in [0.29, 0.717) is 18.5 Å². The minimum Gasteiger partial charge on any atom is -0.389 e. The molecule has 2 fully saturated rings. The first kappa shape index (κ1) is 14.6. The summed E-state index contributed by atoms with van der Waals surface area (Å²) in [6.07, 6.45) is 6.12. The van der Waals surface area contributed by atoms with Gasteiger partial charge in [0.05, 0.1) is 5.60 Å². The van der Waals surface area contributed by atoms with E-state index < -0.39 is 5.60 Å². The second kappa shape index (κ2) is 6.22. The first-order valence-electron chi connectivity index (χ1n) is 8.12. The summed E-state index contributed by atoms with van der Waals surface area (Å²) in [7, 11) is 0. The van der Waals surface area contributed by atoms with Crippen LogP contribution in [0.4, 0.5) is 0 Å². The van der Waals surface area contributed by atoms with E-state index in [2.05, 4.69) is 47.1 Å². The van der Waals surface area contributed by atoms with Crippen LogP contribution < -0.4 is 0 Å². The Kier molecular flexibility index (Phi) is 4.33. The van der Waals surface area contributed by atoms with Gasteiger partial charge in [-0.1, -0.05) is 36.8 Å². The fraction of sp³-hybridized carbons (Fsp3) is 0.579. The van der Waals surface area contributed by atoms with E-state index in [4.69, 9.17) is 0 Å². The average molecular weight is 283 g/mol. The number of fused-ring (bicyclic) bond motifs is 2. The van der Waals surface area contributed by atoms with Gasteiger partial charge in [0.25, 0.3) is 0 Å². The van der Waals surface area contributed by atoms with Crippen molar-refractivity contribution >= 4 is 0 Å². The zero-order valence-electron chi connectivity index (χ0n) is 12.9. The Hall–Kier alpha value is -1.30. The van der Waals surface area contributed by atoms with Gasteiger partial charge in [-0.25, -0.2) is 0 Å². The molecule has 21 heavy (non-hydrogen) atoms. The first-order chi connectivity index (χ1) is 10.2. The molecule has 0 radical (unpaired) electrons. The van der Waals surface area contributed by atoms with Crippen LogP contribution in [0.2, 0.25) is 0 Å². The van der Waals surface area contributed by atoms with Gasteiger partial charge in [-0.05, 0) is 38.2 Å². The number of aliphatic hydroxyl groups is 1. The second-order valence-corrected chi connectivity index (χ2v) is 6.63. The van der Waals surface area contributed by atoms with Crippen molar-refractivity contribution in [2.45, 2.75) is 69.7 Å². The third kappa shape index (κ3) is 3.31. The van der Waals surface area contributed by atoms with Gasteiger partial charge < -0.3 is 5.11 Å². The average Bonchev–Trinajstić information content (AvgIpc) is 2.48. The largest absolute Gasteiger partial charge is 0.389 e. The highest BCUT2D eigenvalue weighted by atomic mass is 16.3. The molecule has 1 N–H and O–H groups in total.